The second-order valence-electron chi connectivity index (χ2n) is 8.39. The molecule has 0 bridgehead atoms. The van der Waals surface area contributed by atoms with Gasteiger partial charge < -0.3 is 10.5 Å². The molecular formula is C21H23F2N5O3S. The fourth-order valence-electron chi connectivity index (χ4n) is 3.83. The number of sulfonamides is 1. The lowest BCUT2D eigenvalue weighted by Gasteiger charge is -2.25. The Bertz CT molecular complexity index is 1310. The number of primary sulfonamides is 1. The van der Waals surface area contributed by atoms with Gasteiger partial charge in [-0.25, -0.2) is 27.3 Å². The van der Waals surface area contributed by atoms with Crippen LogP contribution < -0.4 is 15.6 Å². The lowest BCUT2D eigenvalue weighted by atomic mass is 9.97. The SMILES string of the molecule is CC(C)(COc1cc(-c2c(F)cc3c(c2N)CCC3)ccn1)n1cc(F)c(S(N)(=O)=O)n1. The predicted octanol–water partition coefficient (Wildman–Crippen LogP) is 2.76. The summed E-state index contributed by atoms with van der Waals surface area (Å²) in [4.78, 5) is 4.15. The van der Waals surface area contributed by atoms with E-state index < -0.39 is 32.2 Å². The van der Waals surface area contributed by atoms with E-state index in [4.69, 9.17) is 15.6 Å². The summed E-state index contributed by atoms with van der Waals surface area (Å²) in [7, 11) is -4.30. The average molecular weight is 464 g/mol. The molecule has 1 aromatic carbocycles. The minimum atomic E-state index is -4.30. The maximum atomic E-state index is 14.8. The predicted molar refractivity (Wildman–Crippen MR) is 114 cm³/mol. The molecule has 8 nitrogen and oxygen atoms in total. The number of ether oxygens (including phenoxy) is 1. The zero-order valence-electron chi connectivity index (χ0n) is 17.6. The van der Waals surface area contributed by atoms with Gasteiger partial charge in [0, 0.05) is 23.5 Å². The quantitative estimate of drug-likeness (QED) is 0.542. The highest BCUT2D eigenvalue weighted by Crippen LogP contribution is 2.38. The summed E-state index contributed by atoms with van der Waals surface area (Å²) in [5.74, 6) is -1.25. The van der Waals surface area contributed by atoms with Gasteiger partial charge in [0.05, 0.1) is 11.7 Å². The van der Waals surface area contributed by atoms with E-state index in [1.165, 1.54) is 12.3 Å². The van der Waals surface area contributed by atoms with Crippen LogP contribution in [0.25, 0.3) is 11.1 Å². The van der Waals surface area contributed by atoms with Crippen LogP contribution in [0.4, 0.5) is 14.5 Å². The second-order valence-corrected chi connectivity index (χ2v) is 9.87. The molecule has 11 heteroatoms. The lowest BCUT2D eigenvalue weighted by molar-refractivity contribution is 0.164. The Morgan fingerprint density at radius 1 is 1.22 bits per heavy atom. The maximum absolute atomic E-state index is 14.8. The molecule has 1 aliphatic carbocycles. The van der Waals surface area contributed by atoms with Crippen LogP contribution in [0.15, 0.2) is 35.6 Å². The topological polar surface area (TPSA) is 126 Å². The van der Waals surface area contributed by atoms with Gasteiger partial charge in [-0.3, -0.25) is 4.68 Å². The van der Waals surface area contributed by atoms with Crippen molar-refractivity contribution < 1.29 is 21.9 Å². The zero-order chi connectivity index (χ0) is 23.3. The highest BCUT2D eigenvalue weighted by molar-refractivity contribution is 7.89. The van der Waals surface area contributed by atoms with Gasteiger partial charge in [0.1, 0.15) is 12.4 Å². The van der Waals surface area contributed by atoms with Crippen molar-refractivity contribution in [1.82, 2.24) is 14.8 Å². The third kappa shape index (κ3) is 4.05. The number of hydrogen-bond donors (Lipinski definition) is 2. The molecule has 0 saturated heterocycles. The number of benzene rings is 1. The van der Waals surface area contributed by atoms with Gasteiger partial charge in [0.2, 0.25) is 10.9 Å². The smallest absolute Gasteiger partial charge is 0.260 e. The first kappa shape index (κ1) is 22.2. The summed E-state index contributed by atoms with van der Waals surface area (Å²) >= 11 is 0. The second kappa shape index (κ2) is 7.82. The Hall–Kier alpha value is -3.05. The normalized spacial score (nSPS) is 13.9. The van der Waals surface area contributed by atoms with E-state index in [9.17, 15) is 17.2 Å². The van der Waals surface area contributed by atoms with Gasteiger partial charge in [-0.2, -0.15) is 5.10 Å². The number of hydrogen-bond acceptors (Lipinski definition) is 6. The van der Waals surface area contributed by atoms with Gasteiger partial charge in [-0.05, 0) is 61.9 Å². The molecule has 4 rings (SSSR count). The summed E-state index contributed by atoms with van der Waals surface area (Å²) in [6, 6.07) is 4.76. The Labute approximate surface area is 184 Å². The number of pyridine rings is 1. The molecule has 2 heterocycles. The van der Waals surface area contributed by atoms with Crippen LogP contribution in [-0.4, -0.2) is 29.8 Å². The molecule has 0 saturated carbocycles. The van der Waals surface area contributed by atoms with E-state index >= 15 is 0 Å². The largest absolute Gasteiger partial charge is 0.475 e. The van der Waals surface area contributed by atoms with E-state index in [0.29, 0.717) is 16.8 Å². The fourth-order valence-corrected chi connectivity index (χ4v) is 4.36. The number of aromatic nitrogens is 3. The van der Waals surface area contributed by atoms with Crippen LogP contribution >= 0.6 is 0 Å². The number of aryl methyl sites for hydroxylation is 1. The highest BCUT2D eigenvalue weighted by atomic mass is 32.2. The van der Waals surface area contributed by atoms with Gasteiger partial charge in [0.15, 0.2) is 5.82 Å². The van der Waals surface area contributed by atoms with Crippen LogP contribution in [0.5, 0.6) is 5.88 Å². The maximum Gasteiger partial charge on any atom is 0.260 e. The van der Waals surface area contributed by atoms with Gasteiger partial charge in [-0.15, -0.1) is 0 Å². The molecule has 1 aliphatic rings. The number of fused-ring (bicyclic) bond motifs is 1. The van der Waals surface area contributed by atoms with Crippen molar-refractivity contribution >= 4 is 15.7 Å². The number of nitrogens with two attached hydrogens (primary N) is 2. The molecule has 0 atom stereocenters. The van der Waals surface area contributed by atoms with Crippen molar-refractivity contribution in [3.05, 3.63) is 53.4 Å². The molecule has 32 heavy (non-hydrogen) atoms. The van der Waals surface area contributed by atoms with E-state index in [1.54, 1.807) is 26.0 Å². The molecular weight excluding hydrogens is 440 g/mol. The molecule has 4 N–H and O–H groups in total. The van der Waals surface area contributed by atoms with Crippen molar-refractivity contribution in [3.8, 4) is 17.0 Å². The summed E-state index contributed by atoms with van der Waals surface area (Å²) < 4.78 is 58.6. The van der Waals surface area contributed by atoms with Crippen molar-refractivity contribution in [3.63, 3.8) is 0 Å². The Kier molecular flexibility index (Phi) is 5.41. The third-order valence-corrected chi connectivity index (χ3v) is 6.34. The monoisotopic (exact) mass is 463 g/mol. The summed E-state index contributed by atoms with van der Waals surface area (Å²) in [5.41, 5.74) is 8.53. The van der Waals surface area contributed by atoms with Crippen molar-refractivity contribution in [2.24, 2.45) is 5.14 Å². The first-order valence-electron chi connectivity index (χ1n) is 9.95. The van der Waals surface area contributed by atoms with Crippen LogP contribution in [0, 0.1) is 11.6 Å². The molecule has 0 fully saturated rings. The minimum Gasteiger partial charge on any atom is -0.475 e. The number of halogens is 2. The van der Waals surface area contributed by atoms with E-state index in [2.05, 4.69) is 10.1 Å². The highest BCUT2D eigenvalue weighted by Gasteiger charge is 2.28. The molecule has 0 spiro atoms. The van der Waals surface area contributed by atoms with Gasteiger partial charge in [-0.1, -0.05) is 0 Å². The minimum absolute atomic E-state index is 0.0310. The molecule has 0 unspecified atom stereocenters. The zero-order valence-corrected chi connectivity index (χ0v) is 18.4. The Balaban J connectivity index is 1.58. The standard InChI is InChI=1S/C21H23F2N5O3S/c1-21(2,28-10-16(23)20(27-28)32(25,29)30)11-31-17-9-13(6-7-26-17)18-15(22)8-12-4-3-5-14(12)19(18)24/h6-10H,3-5,11,24H2,1-2H3,(H2,25,29,30). The summed E-state index contributed by atoms with van der Waals surface area (Å²) in [6.45, 7) is 3.32. The van der Waals surface area contributed by atoms with Crippen molar-refractivity contribution in [2.45, 2.75) is 43.7 Å². The first-order valence-corrected chi connectivity index (χ1v) is 11.5. The van der Waals surface area contributed by atoms with E-state index in [-0.39, 0.29) is 12.5 Å². The number of nitrogens with zero attached hydrogens (tertiary/aromatic N) is 3. The van der Waals surface area contributed by atoms with Crippen molar-refractivity contribution in [2.75, 3.05) is 12.3 Å². The van der Waals surface area contributed by atoms with Gasteiger partial charge >= 0.3 is 0 Å². The average Bonchev–Trinajstić information content (AvgIpc) is 3.33. The summed E-state index contributed by atoms with van der Waals surface area (Å²) in [5, 5.41) is 7.89. The van der Waals surface area contributed by atoms with Crippen LogP contribution in [0.1, 0.15) is 31.4 Å². The van der Waals surface area contributed by atoms with Crippen LogP contribution in [0.3, 0.4) is 0 Å². The Morgan fingerprint density at radius 2 is 1.97 bits per heavy atom. The molecule has 170 valence electrons. The van der Waals surface area contributed by atoms with Crippen LogP contribution in [-0.2, 0) is 28.4 Å². The third-order valence-electron chi connectivity index (χ3n) is 5.52. The van der Waals surface area contributed by atoms with E-state index in [1.807, 2.05) is 0 Å². The summed E-state index contributed by atoms with van der Waals surface area (Å²) in [6.07, 6.45) is 5.00. The van der Waals surface area contributed by atoms with E-state index in [0.717, 1.165) is 41.3 Å². The molecule has 3 aromatic rings. The van der Waals surface area contributed by atoms with Crippen LogP contribution in [0.2, 0.25) is 0 Å². The fraction of sp³-hybridized carbons (Fsp3) is 0.333. The lowest BCUT2D eigenvalue weighted by Crippen LogP contribution is -2.34. The number of nitrogen functional groups attached to an aromatic ring is 1. The molecule has 0 amide bonds. The first-order chi connectivity index (χ1) is 15.0. The molecule has 2 aromatic heterocycles. The number of anilines is 1. The molecule has 0 radical (unpaired) electrons. The Morgan fingerprint density at radius 3 is 2.66 bits per heavy atom. The molecule has 0 aliphatic heterocycles. The van der Waals surface area contributed by atoms with Crippen molar-refractivity contribution in [1.29, 1.82) is 0 Å². The number of rotatable bonds is 6. The van der Waals surface area contributed by atoms with Gasteiger partial charge in [0.25, 0.3) is 10.0 Å².